The maximum absolute atomic E-state index is 10.6. The third-order valence-electron chi connectivity index (χ3n) is 1.63. The maximum Gasteiger partial charge on any atom is 1.00 e. The second-order valence-electron chi connectivity index (χ2n) is 3.03. The summed E-state index contributed by atoms with van der Waals surface area (Å²) in [7, 11) is 7.05. The summed E-state index contributed by atoms with van der Waals surface area (Å²) >= 11 is 0. The topological polar surface area (TPSA) is 155 Å². The molecule has 11 nitrogen and oxygen atoms in total. The molecular weight excluding hydrogens is 295 g/mol. The molecule has 0 atom stereocenters. The quantitative estimate of drug-likeness (QED) is 0.171. The first-order valence-corrected chi connectivity index (χ1v) is 5.44. The van der Waals surface area contributed by atoms with Gasteiger partial charge in [0.2, 0.25) is 11.8 Å². The molecule has 0 aliphatic heterocycles. The third-order valence-corrected chi connectivity index (χ3v) is 1.63. The van der Waals surface area contributed by atoms with Gasteiger partial charge in [0.05, 0.1) is 13.6 Å². The van der Waals surface area contributed by atoms with Crippen molar-refractivity contribution in [2.75, 3.05) is 48.4 Å². The van der Waals surface area contributed by atoms with Gasteiger partial charge in [-0.25, -0.2) is 0 Å². The number of rotatable bonds is 5. The first-order valence-electron chi connectivity index (χ1n) is 5.44. The van der Waals surface area contributed by atoms with E-state index in [1.807, 2.05) is 5.28 Å². The average Bonchev–Trinajstić information content (AvgIpc) is 2.48. The summed E-state index contributed by atoms with van der Waals surface area (Å²) in [6.45, 7) is 0.211. The van der Waals surface area contributed by atoms with Gasteiger partial charge < -0.3 is 31.5 Å². The van der Waals surface area contributed by atoms with Crippen molar-refractivity contribution in [2.24, 2.45) is 5.28 Å². The maximum atomic E-state index is 10.6. The van der Waals surface area contributed by atoms with Gasteiger partial charge in [-0.3, -0.25) is 9.59 Å². The zero-order valence-corrected chi connectivity index (χ0v) is 15.3. The van der Waals surface area contributed by atoms with Crippen molar-refractivity contribution in [1.29, 1.82) is 0 Å². The molecule has 21 heavy (non-hydrogen) atoms. The molecule has 120 valence electrons. The van der Waals surface area contributed by atoms with Crippen LogP contribution in [0.25, 0.3) is 0 Å². The van der Waals surface area contributed by atoms with Gasteiger partial charge in [-0.05, 0) is 12.3 Å². The summed E-state index contributed by atoms with van der Waals surface area (Å²) in [5.74, 6) is -0.348. The summed E-state index contributed by atoms with van der Waals surface area (Å²) in [4.78, 5) is 20.6. The molecule has 0 rings (SSSR count). The van der Waals surface area contributed by atoms with Crippen LogP contribution in [0.3, 0.4) is 0 Å². The van der Waals surface area contributed by atoms with Crippen molar-refractivity contribution in [3.05, 3.63) is 10.4 Å². The number of amides is 2. The van der Waals surface area contributed by atoms with Crippen LogP contribution in [0.4, 0.5) is 0 Å². The Labute approximate surface area is 146 Å². The predicted octanol–water partition coefficient (Wildman–Crippen LogP) is -5.40. The van der Waals surface area contributed by atoms with Gasteiger partial charge >= 0.3 is 29.6 Å². The van der Waals surface area contributed by atoms with E-state index in [1.165, 1.54) is 14.1 Å². The molecule has 0 saturated carbocycles. The van der Waals surface area contributed by atoms with Crippen molar-refractivity contribution in [3.63, 3.8) is 0 Å². The second kappa shape index (κ2) is 21.2. The van der Waals surface area contributed by atoms with Crippen LogP contribution in [0.5, 0.6) is 0 Å². The number of nitrogens with zero attached hydrogens (tertiary/aromatic N) is 3. The number of aliphatic hydroxyl groups is 1. The monoisotopic (exact) mass is 318 g/mol. The van der Waals surface area contributed by atoms with Crippen LogP contribution in [0.1, 0.15) is 0 Å². The van der Waals surface area contributed by atoms with Crippen LogP contribution in [-0.4, -0.2) is 75.3 Å². The van der Waals surface area contributed by atoms with Gasteiger partial charge in [0.1, 0.15) is 0 Å². The molecule has 0 saturated heterocycles. The summed E-state index contributed by atoms with van der Waals surface area (Å²) in [6, 6.07) is 0. The van der Waals surface area contributed by atoms with Gasteiger partial charge in [-0.1, -0.05) is 0 Å². The van der Waals surface area contributed by atoms with Crippen molar-refractivity contribution < 1.29 is 49.2 Å². The van der Waals surface area contributed by atoms with Crippen LogP contribution in [0, 0.1) is 10.4 Å². The number of hydrogen-bond acceptors (Lipinski definition) is 7. The minimum atomic E-state index is -0.364. The summed E-state index contributed by atoms with van der Waals surface area (Å²) in [5, 5.41) is 37.3. The van der Waals surface area contributed by atoms with E-state index in [0.29, 0.717) is 6.54 Å². The molecule has 0 bridgehead atoms. The Morgan fingerprint density at radius 1 is 1.19 bits per heavy atom. The Balaban J connectivity index is -0.000000126. The molecule has 4 N–H and O–H groups in total. The first kappa shape index (κ1) is 28.1. The zero-order chi connectivity index (χ0) is 16.6. The fourth-order valence-corrected chi connectivity index (χ4v) is 0.659. The number of hydrazine groups is 1. The van der Waals surface area contributed by atoms with E-state index >= 15 is 0 Å². The van der Waals surface area contributed by atoms with Gasteiger partial charge in [-0.15, -0.1) is 5.01 Å². The summed E-state index contributed by atoms with van der Waals surface area (Å²) < 4.78 is 0. The summed E-state index contributed by atoms with van der Waals surface area (Å²) in [6.07, 6.45) is 0. The van der Waals surface area contributed by atoms with E-state index in [0.717, 1.165) is 12.1 Å². The molecule has 0 aliphatic rings. The zero-order valence-electron chi connectivity index (χ0n) is 13.3. The van der Waals surface area contributed by atoms with E-state index < -0.39 is 0 Å². The molecule has 2 amide bonds. The standard InChI is InChI=1S/C4H10N4O3.C4H10N2O.CH4O.Na/c1-5-4(9)3-7(2)8(11)6-10;1-5-3-4(7)6-2;1-2;/h10H,3H2,1-2H3,(H,5,9);5H,3H2,1-2H3,(H,6,7);2H,1H3;/q;;;+1/p-1/b8-6-;;;. The van der Waals surface area contributed by atoms with Crippen molar-refractivity contribution >= 4 is 11.8 Å². The van der Waals surface area contributed by atoms with Crippen molar-refractivity contribution in [2.45, 2.75) is 0 Å². The first-order chi connectivity index (χ1) is 9.42. The van der Waals surface area contributed by atoms with Crippen LogP contribution < -0.4 is 45.5 Å². The van der Waals surface area contributed by atoms with Crippen molar-refractivity contribution in [1.82, 2.24) is 21.0 Å². The Hall–Kier alpha value is -1.14. The number of likely N-dealkylation sites (N-methyl/N-ethyl adjacent to an activating group) is 4. The van der Waals surface area contributed by atoms with Gasteiger partial charge in [0.15, 0.2) is 6.54 Å². The average molecular weight is 318 g/mol. The Morgan fingerprint density at radius 2 is 1.62 bits per heavy atom. The smallest absolute Gasteiger partial charge is 0.737 e. The molecule has 0 aromatic rings. The van der Waals surface area contributed by atoms with Crippen LogP contribution >= 0.6 is 0 Å². The van der Waals surface area contributed by atoms with Gasteiger partial charge in [-0.2, -0.15) is 0 Å². The van der Waals surface area contributed by atoms with E-state index in [9.17, 15) is 20.0 Å². The minimum absolute atomic E-state index is 0. The number of carbonyl (C=O) groups excluding carboxylic acids is 2. The van der Waals surface area contributed by atoms with Crippen LogP contribution in [-0.2, 0) is 9.59 Å². The molecular formula is C9H23N6NaO5. The van der Waals surface area contributed by atoms with E-state index in [-0.39, 0.29) is 52.9 Å². The van der Waals surface area contributed by atoms with Gasteiger partial charge in [0, 0.05) is 26.2 Å². The van der Waals surface area contributed by atoms with Gasteiger partial charge in [0.25, 0.3) is 0 Å². The Morgan fingerprint density at radius 3 is 1.86 bits per heavy atom. The second-order valence-corrected chi connectivity index (χ2v) is 3.03. The molecule has 0 unspecified atom stereocenters. The fourth-order valence-electron chi connectivity index (χ4n) is 0.659. The molecule has 0 radical (unpaired) electrons. The van der Waals surface area contributed by atoms with E-state index in [1.54, 1.807) is 14.1 Å². The molecule has 0 aliphatic carbocycles. The van der Waals surface area contributed by atoms with E-state index in [2.05, 4.69) is 16.0 Å². The predicted molar refractivity (Wildman–Crippen MR) is 72.3 cm³/mol. The molecule has 0 fully saturated rings. The Kier molecular flexibility index (Phi) is 28.3. The van der Waals surface area contributed by atoms with Crippen LogP contribution in [0.15, 0.2) is 5.28 Å². The molecule has 0 aromatic carbocycles. The fraction of sp³-hybridized carbons (Fsp3) is 0.778. The number of aliphatic hydroxyl groups excluding tert-OH is 1. The largest absolute Gasteiger partial charge is 1.00 e. The number of carbonyl (C=O) groups is 2. The normalized spacial score (nSPS) is 8.76. The minimum Gasteiger partial charge on any atom is -0.737 e. The van der Waals surface area contributed by atoms with Crippen molar-refractivity contribution in [3.8, 4) is 0 Å². The number of hydrogen-bond donors (Lipinski definition) is 4. The molecule has 12 heteroatoms. The SMILES string of the molecule is CNC(=O)CN(C)/[N+]([O-])=N/[O-].CNCC(=O)NC.CO.[Na+]. The summed E-state index contributed by atoms with van der Waals surface area (Å²) in [5.41, 5.74) is 0. The van der Waals surface area contributed by atoms with Crippen LogP contribution in [0.2, 0.25) is 0 Å². The third kappa shape index (κ3) is 21.3. The van der Waals surface area contributed by atoms with E-state index in [4.69, 9.17) is 5.11 Å². The molecule has 0 spiro atoms. The Bertz CT molecular complexity index is 292. The molecule has 0 heterocycles. The molecule has 0 aromatic heterocycles. The number of nitrogens with one attached hydrogen (secondary N) is 3.